The van der Waals surface area contributed by atoms with E-state index >= 15 is 0 Å². The van der Waals surface area contributed by atoms with Crippen LogP contribution < -0.4 is 15.8 Å². The first-order valence-electron chi connectivity index (χ1n) is 6.22. The third-order valence-corrected chi connectivity index (χ3v) is 2.66. The molecule has 4 nitrogen and oxygen atoms in total. The van der Waals surface area contributed by atoms with Crippen LogP contribution >= 0.6 is 0 Å². The maximum atomic E-state index is 11.5. The molecule has 0 unspecified atom stereocenters. The van der Waals surface area contributed by atoms with E-state index in [1.807, 2.05) is 20.8 Å². The summed E-state index contributed by atoms with van der Waals surface area (Å²) in [5.74, 6) is 0.692. The van der Waals surface area contributed by atoms with Gasteiger partial charge in [0.25, 0.3) is 5.91 Å². The summed E-state index contributed by atoms with van der Waals surface area (Å²) in [6.07, 6.45) is 0.786. The first-order chi connectivity index (χ1) is 8.54. The monoisotopic (exact) mass is 250 g/mol. The Labute approximate surface area is 109 Å². The molecule has 1 aromatic carbocycles. The van der Waals surface area contributed by atoms with Crippen molar-refractivity contribution in [3.05, 3.63) is 28.8 Å². The van der Waals surface area contributed by atoms with Crippen molar-refractivity contribution in [3.8, 4) is 5.75 Å². The van der Waals surface area contributed by atoms with Gasteiger partial charge in [0.15, 0.2) is 6.61 Å². The van der Waals surface area contributed by atoms with Gasteiger partial charge in [-0.1, -0.05) is 17.7 Å². The van der Waals surface area contributed by atoms with Gasteiger partial charge in [-0.05, 0) is 44.9 Å². The van der Waals surface area contributed by atoms with Gasteiger partial charge in [0.1, 0.15) is 5.75 Å². The highest BCUT2D eigenvalue weighted by Gasteiger charge is 2.07. The molecule has 0 saturated carbocycles. The summed E-state index contributed by atoms with van der Waals surface area (Å²) in [6, 6.07) is 4.10. The molecule has 0 radical (unpaired) electrons. The maximum absolute atomic E-state index is 11.5. The summed E-state index contributed by atoms with van der Waals surface area (Å²) in [4.78, 5) is 11.5. The fourth-order valence-corrected chi connectivity index (χ4v) is 1.91. The fraction of sp³-hybridized carbons (Fsp3) is 0.500. The van der Waals surface area contributed by atoms with Gasteiger partial charge in [0, 0.05) is 6.54 Å². The van der Waals surface area contributed by atoms with Crippen LogP contribution in [0.2, 0.25) is 0 Å². The van der Waals surface area contributed by atoms with Crippen molar-refractivity contribution in [2.24, 2.45) is 5.73 Å². The van der Waals surface area contributed by atoms with Gasteiger partial charge in [-0.3, -0.25) is 4.79 Å². The van der Waals surface area contributed by atoms with Crippen LogP contribution in [0.4, 0.5) is 0 Å². The second-order valence-corrected chi connectivity index (χ2v) is 4.51. The van der Waals surface area contributed by atoms with Gasteiger partial charge in [0.2, 0.25) is 0 Å². The number of rotatable bonds is 6. The Morgan fingerprint density at radius 3 is 2.44 bits per heavy atom. The van der Waals surface area contributed by atoms with Crippen molar-refractivity contribution in [1.82, 2.24) is 5.32 Å². The first-order valence-corrected chi connectivity index (χ1v) is 6.22. The Morgan fingerprint density at radius 2 is 1.89 bits per heavy atom. The molecule has 1 rings (SSSR count). The highest BCUT2D eigenvalue weighted by Crippen LogP contribution is 2.24. The van der Waals surface area contributed by atoms with Crippen LogP contribution in [0.1, 0.15) is 23.1 Å². The van der Waals surface area contributed by atoms with Gasteiger partial charge in [-0.2, -0.15) is 0 Å². The van der Waals surface area contributed by atoms with Crippen LogP contribution in [-0.4, -0.2) is 25.6 Å². The van der Waals surface area contributed by atoms with E-state index in [0.717, 1.165) is 23.3 Å². The van der Waals surface area contributed by atoms with E-state index in [2.05, 4.69) is 17.4 Å². The number of carbonyl (C=O) groups is 1. The number of benzene rings is 1. The van der Waals surface area contributed by atoms with Gasteiger partial charge >= 0.3 is 0 Å². The summed E-state index contributed by atoms with van der Waals surface area (Å²) < 4.78 is 5.57. The van der Waals surface area contributed by atoms with Crippen LogP contribution in [0.25, 0.3) is 0 Å². The van der Waals surface area contributed by atoms with Crippen molar-refractivity contribution >= 4 is 5.91 Å². The van der Waals surface area contributed by atoms with Gasteiger partial charge < -0.3 is 15.8 Å². The number of carbonyl (C=O) groups excluding carboxylic acids is 1. The molecule has 0 spiro atoms. The zero-order chi connectivity index (χ0) is 13.5. The van der Waals surface area contributed by atoms with E-state index in [1.54, 1.807) is 0 Å². The quantitative estimate of drug-likeness (QED) is 0.751. The van der Waals surface area contributed by atoms with E-state index in [4.69, 9.17) is 10.5 Å². The minimum absolute atomic E-state index is 0.0509. The zero-order valence-corrected chi connectivity index (χ0v) is 11.4. The molecule has 0 heterocycles. The second kappa shape index (κ2) is 7.01. The number of ether oxygens (including phenoxy) is 1. The molecule has 0 aliphatic rings. The lowest BCUT2D eigenvalue weighted by Gasteiger charge is -2.13. The molecule has 1 amide bonds. The molecule has 18 heavy (non-hydrogen) atoms. The van der Waals surface area contributed by atoms with E-state index in [9.17, 15) is 4.79 Å². The molecule has 0 fully saturated rings. The van der Waals surface area contributed by atoms with Crippen LogP contribution in [0, 0.1) is 20.8 Å². The largest absolute Gasteiger partial charge is 0.483 e. The van der Waals surface area contributed by atoms with Crippen LogP contribution in [0.15, 0.2) is 12.1 Å². The van der Waals surface area contributed by atoms with E-state index in [-0.39, 0.29) is 12.5 Å². The number of nitrogens with one attached hydrogen (secondary N) is 1. The maximum Gasteiger partial charge on any atom is 0.257 e. The average Bonchev–Trinajstić information content (AvgIpc) is 2.27. The number of aryl methyl sites for hydroxylation is 3. The van der Waals surface area contributed by atoms with E-state index in [1.165, 1.54) is 5.56 Å². The minimum Gasteiger partial charge on any atom is -0.483 e. The molecule has 4 heteroatoms. The summed E-state index contributed by atoms with van der Waals surface area (Å²) in [5.41, 5.74) is 8.67. The van der Waals surface area contributed by atoms with Gasteiger partial charge in [-0.25, -0.2) is 0 Å². The van der Waals surface area contributed by atoms with E-state index in [0.29, 0.717) is 13.1 Å². The molecule has 0 aromatic heterocycles. The predicted octanol–water partition coefficient (Wildman–Crippen LogP) is 1.46. The Bertz CT molecular complexity index is 393. The summed E-state index contributed by atoms with van der Waals surface area (Å²) >= 11 is 0. The van der Waals surface area contributed by atoms with Crippen molar-refractivity contribution < 1.29 is 9.53 Å². The molecule has 0 saturated heterocycles. The lowest BCUT2D eigenvalue weighted by Crippen LogP contribution is -2.30. The molecule has 0 bridgehead atoms. The molecule has 0 aliphatic carbocycles. The number of nitrogens with two attached hydrogens (primary N) is 1. The zero-order valence-electron chi connectivity index (χ0n) is 11.4. The second-order valence-electron chi connectivity index (χ2n) is 4.51. The Hall–Kier alpha value is -1.55. The number of amides is 1. The van der Waals surface area contributed by atoms with E-state index < -0.39 is 0 Å². The number of hydrogen-bond acceptors (Lipinski definition) is 3. The van der Waals surface area contributed by atoms with Gasteiger partial charge in [0.05, 0.1) is 0 Å². The third kappa shape index (κ3) is 4.37. The number of hydrogen-bond donors (Lipinski definition) is 2. The Kier molecular flexibility index (Phi) is 5.65. The fourth-order valence-electron chi connectivity index (χ4n) is 1.91. The van der Waals surface area contributed by atoms with Crippen LogP contribution in [-0.2, 0) is 4.79 Å². The normalized spacial score (nSPS) is 10.2. The lowest BCUT2D eigenvalue weighted by molar-refractivity contribution is -0.123. The highest BCUT2D eigenvalue weighted by atomic mass is 16.5. The third-order valence-electron chi connectivity index (χ3n) is 2.66. The van der Waals surface area contributed by atoms with Crippen molar-refractivity contribution in [2.45, 2.75) is 27.2 Å². The standard InChI is InChI=1S/C14H22N2O2/c1-10-7-11(2)14(12(3)8-10)18-9-13(17)16-6-4-5-15/h7-8H,4-6,9,15H2,1-3H3,(H,16,17). The highest BCUT2D eigenvalue weighted by molar-refractivity contribution is 5.77. The molecule has 3 N–H and O–H groups in total. The van der Waals surface area contributed by atoms with Gasteiger partial charge in [-0.15, -0.1) is 0 Å². The summed E-state index contributed by atoms with van der Waals surface area (Å²) in [7, 11) is 0. The van der Waals surface area contributed by atoms with Crippen molar-refractivity contribution in [1.29, 1.82) is 0 Å². The van der Waals surface area contributed by atoms with Crippen molar-refractivity contribution in [3.63, 3.8) is 0 Å². The molecular formula is C14H22N2O2. The Balaban J connectivity index is 2.51. The minimum atomic E-state index is -0.108. The summed E-state index contributed by atoms with van der Waals surface area (Å²) in [6.45, 7) is 7.25. The van der Waals surface area contributed by atoms with Crippen LogP contribution in [0.5, 0.6) is 5.75 Å². The SMILES string of the molecule is Cc1cc(C)c(OCC(=O)NCCCN)c(C)c1. The first kappa shape index (κ1) is 14.5. The Morgan fingerprint density at radius 1 is 1.28 bits per heavy atom. The molecule has 100 valence electrons. The predicted molar refractivity (Wildman–Crippen MR) is 72.8 cm³/mol. The molecule has 0 aliphatic heterocycles. The average molecular weight is 250 g/mol. The van der Waals surface area contributed by atoms with Crippen molar-refractivity contribution in [2.75, 3.05) is 19.7 Å². The summed E-state index contributed by atoms with van der Waals surface area (Å²) in [5, 5.41) is 2.76. The topological polar surface area (TPSA) is 64.3 Å². The smallest absolute Gasteiger partial charge is 0.257 e. The molecular weight excluding hydrogens is 228 g/mol. The molecule has 0 atom stereocenters. The lowest BCUT2D eigenvalue weighted by atomic mass is 10.1. The van der Waals surface area contributed by atoms with Crippen LogP contribution in [0.3, 0.4) is 0 Å². The molecule has 1 aromatic rings.